The van der Waals surface area contributed by atoms with Crippen molar-refractivity contribution in [2.75, 3.05) is 5.32 Å². The van der Waals surface area contributed by atoms with Crippen LogP contribution in [0.25, 0.3) is 0 Å². The Labute approximate surface area is 143 Å². The lowest BCUT2D eigenvalue weighted by Crippen LogP contribution is -2.14. The van der Waals surface area contributed by atoms with Crippen molar-refractivity contribution in [3.8, 4) is 11.6 Å². The third-order valence-corrected chi connectivity index (χ3v) is 3.32. The van der Waals surface area contributed by atoms with Crippen LogP contribution in [-0.2, 0) is 11.3 Å². The molecule has 122 valence electrons. The number of pyridine rings is 1. The maximum absolute atomic E-state index is 11.9. The van der Waals surface area contributed by atoms with Crippen LogP contribution in [0.3, 0.4) is 0 Å². The van der Waals surface area contributed by atoms with Crippen LogP contribution in [0.15, 0.2) is 55.2 Å². The summed E-state index contributed by atoms with van der Waals surface area (Å²) in [6, 6.07) is 10.4. The molecule has 0 aliphatic heterocycles. The number of carbonyl (C=O) groups excluding carboxylic acids is 1. The SMILES string of the molecule is O=C(CCn1cncn1)Nc1ccc(Oc2ccc(Cl)cn2)cc1. The van der Waals surface area contributed by atoms with Crippen molar-refractivity contribution in [2.24, 2.45) is 0 Å². The molecule has 0 unspecified atom stereocenters. The van der Waals surface area contributed by atoms with Gasteiger partial charge in [-0.05, 0) is 30.3 Å². The van der Waals surface area contributed by atoms with E-state index >= 15 is 0 Å². The molecule has 0 aliphatic rings. The van der Waals surface area contributed by atoms with Crippen LogP contribution < -0.4 is 10.1 Å². The third-order valence-electron chi connectivity index (χ3n) is 3.10. The molecule has 0 atom stereocenters. The van der Waals surface area contributed by atoms with Gasteiger partial charge in [-0.2, -0.15) is 5.10 Å². The van der Waals surface area contributed by atoms with Gasteiger partial charge in [-0.3, -0.25) is 9.48 Å². The second-order valence-electron chi connectivity index (χ2n) is 4.90. The Bertz CT molecular complexity index is 788. The normalized spacial score (nSPS) is 10.4. The molecule has 0 spiro atoms. The van der Waals surface area contributed by atoms with Crippen molar-refractivity contribution in [3.05, 3.63) is 60.3 Å². The highest BCUT2D eigenvalue weighted by atomic mass is 35.5. The van der Waals surface area contributed by atoms with E-state index < -0.39 is 0 Å². The summed E-state index contributed by atoms with van der Waals surface area (Å²) in [5.41, 5.74) is 0.690. The number of aryl methyl sites for hydroxylation is 1. The van der Waals surface area contributed by atoms with Gasteiger partial charge in [-0.15, -0.1) is 0 Å². The highest BCUT2D eigenvalue weighted by Gasteiger charge is 2.04. The van der Waals surface area contributed by atoms with Crippen molar-refractivity contribution in [3.63, 3.8) is 0 Å². The minimum Gasteiger partial charge on any atom is -0.439 e. The minimum atomic E-state index is -0.0986. The number of nitrogens with one attached hydrogen (secondary N) is 1. The van der Waals surface area contributed by atoms with E-state index in [9.17, 15) is 4.79 Å². The molecule has 1 N–H and O–H groups in total. The number of hydrogen-bond acceptors (Lipinski definition) is 5. The monoisotopic (exact) mass is 343 g/mol. The minimum absolute atomic E-state index is 0.0986. The zero-order chi connectivity index (χ0) is 16.8. The van der Waals surface area contributed by atoms with Crippen LogP contribution >= 0.6 is 11.6 Å². The predicted octanol–water partition coefficient (Wildman–Crippen LogP) is 3.15. The van der Waals surface area contributed by atoms with Gasteiger partial charge in [0.15, 0.2) is 0 Å². The molecule has 3 aromatic rings. The summed E-state index contributed by atoms with van der Waals surface area (Å²) in [5, 5.41) is 7.31. The summed E-state index contributed by atoms with van der Waals surface area (Å²) in [4.78, 5) is 19.8. The first kappa shape index (κ1) is 15.9. The maximum atomic E-state index is 11.9. The first-order valence-electron chi connectivity index (χ1n) is 7.21. The highest BCUT2D eigenvalue weighted by Crippen LogP contribution is 2.22. The van der Waals surface area contributed by atoms with Gasteiger partial charge in [0, 0.05) is 24.4 Å². The van der Waals surface area contributed by atoms with E-state index in [1.165, 1.54) is 12.5 Å². The van der Waals surface area contributed by atoms with Crippen LogP contribution in [-0.4, -0.2) is 25.7 Å². The molecule has 1 aromatic carbocycles. The molecule has 0 aliphatic carbocycles. The second kappa shape index (κ2) is 7.56. The maximum Gasteiger partial charge on any atom is 0.226 e. The highest BCUT2D eigenvalue weighted by molar-refractivity contribution is 6.30. The zero-order valence-electron chi connectivity index (χ0n) is 12.6. The van der Waals surface area contributed by atoms with Gasteiger partial charge in [0.2, 0.25) is 11.8 Å². The number of halogens is 1. The van der Waals surface area contributed by atoms with Crippen molar-refractivity contribution in [2.45, 2.75) is 13.0 Å². The third kappa shape index (κ3) is 4.53. The van der Waals surface area contributed by atoms with Crippen LogP contribution in [0.4, 0.5) is 5.69 Å². The van der Waals surface area contributed by atoms with Crippen LogP contribution in [0.1, 0.15) is 6.42 Å². The lowest BCUT2D eigenvalue weighted by atomic mass is 10.3. The van der Waals surface area contributed by atoms with Crippen molar-refractivity contribution >= 4 is 23.2 Å². The van der Waals surface area contributed by atoms with Gasteiger partial charge < -0.3 is 10.1 Å². The summed E-state index contributed by atoms with van der Waals surface area (Å²) in [6.45, 7) is 0.481. The Kier molecular flexibility index (Phi) is 5.02. The van der Waals surface area contributed by atoms with E-state index in [2.05, 4.69) is 20.4 Å². The number of hydrogen-bond donors (Lipinski definition) is 1. The molecule has 3 rings (SSSR count). The van der Waals surface area contributed by atoms with E-state index in [-0.39, 0.29) is 5.91 Å². The molecule has 0 bridgehead atoms. The van der Waals surface area contributed by atoms with E-state index in [0.717, 1.165) is 0 Å². The second-order valence-corrected chi connectivity index (χ2v) is 5.33. The van der Waals surface area contributed by atoms with Gasteiger partial charge in [-0.25, -0.2) is 9.97 Å². The van der Waals surface area contributed by atoms with E-state index in [1.807, 2.05) is 0 Å². The van der Waals surface area contributed by atoms with E-state index in [1.54, 1.807) is 47.4 Å². The summed E-state index contributed by atoms with van der Waals surface area (Å²) >= 11 is 5.78. The van der Waals surface area contributed by atoms with Gasteiger partial charge in [-0.1, -0.05) is 11.6 Å². The Balaban J connectivity index is 1.52. The van der Waals surface area contributed by atoms with Gasteiger partial charge in [0.1, 0.15) is 18.4 Å². The lowest BCUT2D eigenvalue weighted by Gasteiger charge is -2.07. The summed E-state index contributed by atoms with van der Waals surface area (Å²) in [6.07, 6.45) is 4.84. The smallest absolute Gasteiger partial charge is 0.226 e. The first-order chi connectivity index (χ1) is 11.7. The standard InChI is InChI=1S/C16H14ClN5O2/c17-12-1-6-16(19-9-12)24-14-4-2-13(3-5-14)21-15(23)7-8-22-11-18-10-20-22/h1-6,9-11H,7-8H2,(H,21,23). The first-order valence-corrected chi connectivity index (χ1v) is 7.58. The average molecular weight is 344 g/mol. The Morgan fingerprint density at radius 3 is 2.71 bits per heavy atom. The molecular formula is C16H14ClN5O2. The average Bonchev–Trinajstić information content (AvgIpc) is 3.10. The van der Waals surface area contributed by atoms with Crippen molar-refractivity contribution < 1.29 is 9.53 Å². The molecule has 24 heavy (non-hydrogen) atoms. The number of amides is 1. The fourth-order valence-electron chi connectivity index (χ4n) is 1.94. The summed E-state index contributed by atoms with van der Waals surface area (Å²) < 4.78 is 7.20. The van der Waals surface area contributed by atoms with E-state index in [4.69, 9.17) is 16.3 Å². The summed E-state index contributed by atoms with van der Waals surface area (Å²) in [7, 11) is 0. The van der Waals surface area contributed by atoms with Crippen molar-refractivity contribution in [1.82, 2.24) is 19.7 Å². The number of aromatic nitrogens is 4. The van der Waals surface area contributed by atoms with E-state index in [0.29, 0.717) is 35.3 Å². The number of rotatable bonds is 6. The largest absolute Gasteiger partial charge is 0.439 e. The quantitative estimate of drug-likeness (QED) is 0.743. The number of carbonyl (C=O) groups is 1. The van der Waals surface area contributed by atoms with Crippen LogP contribution in [0, 0.1) is 0 Å². The van der Waals surface area contributed by atoms with Gasteiger partial charge >= 0.3 is 0 Å². The predicted molar refractivity (Wildman–Crippen MR) is 89.0 cm³/mol. The van der Waals surface area contributed by atoms with Gasteiger partial charge in [0.05, 0.1) is 11.6 Å². The van der Waals surface area contributed by atoms with Crippen LogP contribution in [0.5, 0.6) is 11.6 Å². The molecule has 1 amide bonds. The molecule has 7 nitrogen and oxygen atoms in total. The molecule has 0 saturated heterocycles. The number of benzene rings is 1. The Morgan fingerprint density at radius 1 is 1.21 bits per heavy atom. The van der Waals surface area contributed by atoms with Gasteiger partial charge in [0.25, 0.3) is 0 Å². The fourth-order valence-corrected chi connectivity index (χ4v) is 2.05. The zero-order valence-corrected chi connectivity index (χ0v) is 13.3. The molecule has 0 saturated carbocycles. The Morgan fingerprint density at radius 2 is 2.04 bits per heavy atom. The topological polar surface area (TPSA) is 81.9 Å². The molecule has 0 radical (unpaired) electrons. The molecule has 2 heterocycles. The fraction of sp³-hybridized carbons (Fsp3) is 0.125. The number of nitrogens with zero attached hydrogens (tertiary/aromatic N) is 4. The number of ether oxygens (including phenoxy) is 1. The number of anilines is 1. The molecule has 8 heteroatoms. The molecular weight excluding hydrogens is 330 g/mol. The summed E-state index contributed by atoms with van der Waals surface area (Å²) in [5.74, 6) is 0.966. The molecule has 2 aromatic heterocycles. The van der Waals surface area contributed by atoms with Crippen molar-refractivity contribution in [1.29, 1.82) is 0 Å². The lowest BCUT2D eigenvalue weighted by molar-refractivity contribution is -0.116. The Hall–Kier alpha value is -2.93. The molecule has 0 fully saturated rings. The van der Waals surface area contributed by atoms with Crippen LogP contribution in [0.2, 0.25) is 5.02 Å².